The van der Waals surface area contributed by atoms with E-state index in [1.54, 1.807) is 18.4 Å². The molecule has 3 aromatic rings. The van der Waals surface area contributed by atoms with Crippen LogP contribution in [0.15, 0.2) is 53.1 Å². The van der Waals surface area contributed by atoms with Gasteiger partial charge in [0.15, 0.2) is 0 Å². The van der Waals surface area contributed by atoms with Crippen LogP contribution in [0, 0.1) is 5.82 Å². The number of rotatable bonds is 3. The molecule has 0 saturated heterocycles. The molecule has 0 atom stereocenters. The SMILES string of the molecule is CC(C)(C)c1ccc2occ(CC(=O)Nc3ccc(F)cc3)c2c1. The van der Waals surface area contributed by atoms with E-state index in [9.17, 15) is 9.18 Å². The van der Waals surface area contributed by atoms with E-state index >= 15 is 0 Å². The maximum atomic E-state index is 12.9. The second-order valence-electron chi connectivity index (χ2n) is 6.95. The highest BCUT2D eigenvalue weighted by Gasteiger charge is 2.17. The van der Waals surface area contributed by atoms with E-state index < -0.39 is 0 Å². The Labute approximate surface area is 140 Å². The number of carbonyl (C=O) groups is 1. The highest BCUT2D eigenvalue weighted by Crippen LogP contribution is 2.29. The third kappa shape index (κ3) is 3.48. The Morgan fingerprint density at radius 3 is 2.50 bits per heavy atom. The Hall–Kier alpha value is -2.62. The van der Waals surface area contributed by atoms with Gasteiger partial charge in [-0.25, -0.2) is 4.39 Å². The van der Waals surface area contributed by atoms with Gasteiger partial charge in [0.2, 0.25) is 5.91 Å². The van der Waals surface area contributed by atoms with Crippen LogP contribution >= 0.6 is 0 Å². The second kappa shape index (κ2) is 6.11. The van der Waals surface area contributed by atoms with Gasteiger partial charge >= 0.3 is 0 Å². The van der Waals surface area contributed by atoms with Gasteiger partial charge in [0.1, 0.15) is 11.4 Å². The molecule has 0 spiro atoms. The minimum Gasteiger partial charge on any atom is -0.464 e. The molecule has 0 saturated carbocycles. The zero-order chi connectivity index (χ0) is 17.3. The van der Waals surface area contributed by atoms with E-state index in [-0.39, 0.29) is 23.6 Å². The largest absolute Gasteiger partial charge is 0.464 e. The Balaban J connectivity index is 1.81. The van der Waals surface area contributed by atoms with Crippen molar-refractivity contribution >= 4 is 22.6 Å². The summed E-state index contributed by atoms with van der Waals surface area (Å²) in [6, 6.07) is 11.8. The molecule has 0 aliphatic carbocycles. The number of carbonyl (C=O) groups excluding carboxylic acids is 1. The van der Waals surface area contributed by atoms with E-state index in [2.05, 4.69) is 32.2 Å². The molecule has 0 aliphatic heterocycles. The third-order valence-electron chi connectivity index (χ3n) is 4.00. The van der Waals surface area contributed by atoms with Crippen molar-refractivity contribution in [1.82, 2.24) is 0 Å². The van der Waals surface area contributed by atoms with Crippen molar-refractivity contribution in [3.05, 3.63) is 65.7 Å². The smallest absolute Gasteiger partial charge is 0.228 e. The lowest BCUT2D eigenvalue weighted by Crippen LogP contribution is -2.14. The molecule has 0 fully saturated rings. The number of hydrogen-bond acceptors (Lipinski definition) is 2. The van der Waals surface area contributed by atoms with E-state index in [1.807, 2.05) is 12.1 Å². The summed E-state index contributed by atoms with van der Waals surface area (Å²) in [6.07, 6.45) is 1.83. The highest BCUT2D eigenvalue weighted by atomic mass is 19.1. The van der Waals surface area contributed by atoms with Gasteiger partial charge in [-0.1, -0.05) is 26.8 Å². The first-order valence-electron chi connectivity index (χ1n) is 7.89. The summed E-state index contributed by atoms with van der Waals surface area (Å²) in [7, 11) is 0. The van der Waals surface area contributed by atoms with Crippen LogP contribution in [0.25, 0.3) is 11.0 Å². The van der Waals surface area contributed by atoms with Crippen LogP contribution in [0.5, 0.6) is 0 Å². The molecule has 1 aromatic heterocycles. The number of halogens is 1. The zero-order valence-electron chi connectivity index (χ0n) is 14.0. The van der Waals surface area contributed by atoms with Gasteiger partial charge in [-0.3, -0.25) is 4.79 Å². The summed E-state index contributed by atoms with van der Waals surface area (Å²) in [5, 5.41) is 3.72. The van der Waals surface area contributed by atoms with Gasteiger partial charge in [0, 0.05) is 16.6 Å². The molecule has 0 radical (unpaired) electrons. The van der Waals surface area contributed by atoms with Crippen LogP contribution < -0.4 is 5.32 Å². The zero-order valence-corrected chi connectivity index (χ0v) is 14.0. The van der Waals surface area contributed by atoms with Crippen LogP contribution in [0.2, 0.25) is 0 Å². The predicted octanol–water partition coefficient (Wildman–Crippen LogP) is 5.05. The number of anilines is 1. The van der Waals surface area contributed by atoms with Gasteiger partial charge in [-0.15, -0.1) is 0 Å². The van der Waals surface area contributed by atoms with Gasteiger partial charge in [-0.05, 0) is 47.4 Å². The summed E-state index contributed by atoms with van der Waals surface area (Å²) in [5.74, 6) is -0.492. The summed E-state index contributed by atoms with van der Waals surface area (Å²) >= 11 is 0. The minimum absolute atomic E-state index is 0.0269. The minimum atomic E-state index is -0.330. The monoisotopic (exact) mass is 325 g/mol. The lowest BCUT2D eigenvalue weighted by Gasteiger charge is -2.18. The van der Waals surface area contributed by atoms with Crippen molar-refractivity contribution < 1.29 is 13.6 Å². The van der Waals surface area contributed by atoms with Crippen molar-refractivity contribution in [1.29, 1.82) is 0 Å². The van der Waals surface area contributed by atoms with Crippen molar-refractivity contribution in [2.75, 3.05) is 5.32 Å². The number of nitrogens with one attached hydrogen (secondary N) is 1. The van der Waals surface area contributed by atoms with Crippen LogP contribution in [0.4, 0.5) is 10.1 Å². The molecule has 124 valence electrons. The molecule has 4 heteroatoms. The van der Waals surface area contributed by atoms with E-state index in [1.165, 1.54) is 17.7 Å². The lowest BCUT2D eigenvalue weighted by molar-refractivity contribution is -0.115. The normalized spacial score (nSPS) is 11.7. The molecule has 1 amide bonds. The molecule has 1 N–H and O–H groups in total. The van der Waals surface area contributed by atoms with Gasteiger partial charge in [0.05, 0.1) is 12.7 Å². The van der Waals surface area contributed by atoms with Crippen LogP contribution in [0.3, 0.4) is 0 Å². The maximum absolute atomic E-state index is 12.9. The number of fused-ring (bicyclic) bond motifs is 1. The first kappa shape index (κ1) is 16.2. The summed E-state index contributed by atoms with van der Waals surface area (Å²) < 4.78 is 18.5. The molecule has 0 unspecified atom stereocenters. The summed E-state index contributed by atoms with van der Waals surface area (Å²) in [5.41, 5.74) is 3.41. The summed E-state index contributed by atoms with van der Waals surface area (Å²) in [4.78, 5) is 12.2. The van der Waals surface area contributed by atoms with Crippen LogP contribution in [-0.4, -0.2) is 5.91 Å². The van der Waals surface area contributed by atoms with E-state index in [4.69, 9.17) is 4.42 Å². The van der Waals surface area contributed by atoms with Crippen molar-refractivity contribution in [2.45, 2.75) is 32.6 Å². The molecular formula is C20H20FNO2. The molecule has 3 rings (SSSR count). The average Bonchev–Trinajstić information content (AvgIpc) is 2.91. The lowest BCUT2D eigenvalue weighted by atomic mass is 9.86. The van der Waals surface area contributed by atoms with Crippen molar-refractivity contribution in [3.8, 4) is 0 Å². The fourth-order valence-corrected chi connectivity index (χ4v) is 2.60. The molecule has 3 nitrogen and oxygen atoms in total. The van der Waals surface area contributed by atoms with E-state index in [0.717, 1.165) is 16.5 Å². The second-order valence-corrected chi connectivity index (χ2v) is 6.95. The number of furan rings is 1. The van der Waals surface area contributed by atoms with Crippen molar-refractivity contribution in [2.24, 2.45) is 0 Å². The standard InChI is InChI=1S/C20H20FNO2/c1-20(2,3)14-4-9-18-17(11-14)13(12-24-18)10-19(23)22-16-7-5-15(21)6-8-16/h4-9,11-12H,10H2,1-3H3,(H,22,23). The van der Waals surface area contributed by atoms with Gasteiger partial charge in [0.25, 0.3) is 0 Å². The topological polar surface area (TPSA) is 42.2 Å². The van der Waals surface area contributed by atoms with E-state index in [0.29, 0.717) is 5.69 Å². The third-order valence-corrected chi connectivity index (χ3v) is 4.00. The quantitative estimate of drug-likeness (QED) is 0.732. The molecule has 2 aromatic carbocycles. The Morgan fingerprint density at radius 1 is 1.12 bits per heavy atom. The number of amides is 1. The molecule has 24 heavy (non-hydrogen) atoms. The molecule has 0 aliphatic rings. The van der Waals surface area contributed by atoms with Crippen LogP contribution in [-0.2, 0) is 16.6 Å². The van der Waals surface area contributed by atoms with Crippen molar-refractivity contribution in [3.63, 3.8) is 0 Å². The predicted molar refractivity (Wildman–Crippen MR) is 93.6 cm³/mol. The number of benzene rings is 2. The Bertz CT molecular complexity index is 873. The maximum Gasteiger partial charge on any atom is 0.228 e. The molecule has 1 heterocycles. The average molecular weight is 325 g/mol. The Kier molecular flexibility index (Phi) is 4.14. The fraction of sp³-hybridized carbons (Fsp3) is 0.250. The number of hydrogen-bond donors (Lipinski definition) is 1. The van der Waals surface area contributed by atoms with Gasteiger partial charge < -0.3 is 9.73 Å². The van der Waals surface area contributed by atoms with Gasteiger partial charge in [-0.2, -0.15) is 0 Å². The molecular weight excluding hydrogens is 305 g/mol. The summed E-state index contributed by atoms with van der Waals surface area (Å²) in [6.45, 7) is 6.44. The van der Waals surface area contributed by atoms with Crippen LogP contribution in [0.1, 0.15) is 31.9 Å². The Morgan fingerprint density at radius 2 is 1.83 bits per heavy atom. The highest BCUT2D eigenvalue weighted by molar-refractivity contribution is 5.95. The fourth-order valence-electron chi connectivity index (χ4n) is 2.60. The molecule has 0 bridgehead atoms. The first-order valence-corrected chi connectivity index (χ1v) is 7.89. The first-order chi connectivity index (χ1) is 11.3.